The zero-order chi connectivity index (χ0) is 11.4. The van der Waals surface area contributed by atoms with Crippen molar-refractivity contribution in [2.24, 2.45) is 0 Å². The van der Waals surface area contributed by atoms with Gasteiger partial charge in [-0.1, -0.05) is 23.7 Å². The maximum Gasteiger partial charge on any atom is 0.176 e. The lowest BCUT2D eigenvalue weighted by Crippen LogP contribution is -2.11. The summed E-state index contributed by atoms with van der Waals surface area (Å²) in [6.45, 7) is 1.45. The quantitative estimate of drug-likeness (QED) is 0.876. The average Bonchev–Trinajstić information content (AvgIpc) is 2.67. The van der Waals surface area contributed by atoms with Gasteiger partial charge in [-0.15, -0.1) is 11.3 Å². The molecule has 4 heteroatoms. The van der Waals surface area contributed by atoms with Crippen molar-refractivity contribution in [2.45, 2.75) is 13.1 Å². The highest BCUT2D eigenvalue weighted by molar-refractivity contribution is 7.10. The van der Waals surface area contributed by atoms with Crippen molar-refractivity contribution in [3.05, 3.63) is 57.0 Å². The summed E-state index contributed by atoms with van der Waals surface area (Å²) in [5.74, 6) is 0. The van der Waals surface area contributed by atoms with Gasteiger partial charge in [0, 0.05) is 23.0 Å². The Bertz CT molecular complexity index is 452. The summed E-state index contributed by atoms with van der Waals surface area (Å²) in [4.78, 5) is 1.01. The number of rotatable bonds is 4. The van der Waals surface area contributed by atoms with Gasteiger partial charge < -0.3 is 5.32 Å². The molecule has 84 valence electrons. The first-order valence-electron chi connectivity index (χ1n) is 4.93. The third-order valence-corrected chi connectivity index (χ3v) is 3.30. The number of thiophene rings is 1. The van der Waals surface area contributed by atoms with Crippen LogP contribution >= 0.6 is 22.9 Å². The van der Waals surface area contributed by atoms with Crippen LogP contribution < -0.4 is 5.32 Å². The Balaban J connectivity index is 1.82. The summed E-state index contributed by atoms with van der Waals surface area (Å²) in [5, 5.41) is 3.86. The van der Waals surface area contributed by atoms with Crippen molar-refractivity contribution in [1.29, 1.82) is 0 Å². The molecule has 0 spiro atoms. The van der Waals surface area contributed by atoms with Crippen LogP contribution in [-0.4, -0.2) is 0 Å². The van der Waals surface area contributed by atoms with E-state index < -0.39 is 0 Å². The SMILES string of the molecule is Fc1ccc(CNCc2ccc(Cl)cc2)s1. The fourth-order valence-corrected chi connectivity index (χ4v) is 2.20. The van der Waals surface area contributed by atoms with Crippen molar-refractivity contribution >= 4 is 22.9 Å². The Morgan fingerprint density at radius 1 is 1.06 bits per heavy atom. The van der Waals surface area contributed by atoms with E-state index in [4.69, 9.17) is 11.6 Å². The van der Waals surface area contributed by atoms with Gasteiger partial charge in [0.1, 0.15) is 0 Å². The van der Waals surface area contributed by atoms with Gasteiger partial charge in [0.05, 0.1) is 0 Å². The molecule has 0 amide bonds. The summed E-state index contributed by atoms with van der Waals surface area (Å²) in [5.41, 5.74) is 1.17. The third-order valence-electron chi connectivity index (χ3n) is 2.17. The number of hydrogen-bond donors (Lipinski definition) is 1. The minimum Gasteiger partial charge on any atom is -0.308 e. The Kier molecular flexibility index (Phi) is 3.93. The zero-order valence-electron chi connectivity index (χ0n) is 8.54. The predicted octanol–water partition coefficient (Wildman–Crippen LogP) is 3.83. The zero-order valence-corrected chi connectivity index (χ0v) is 10.1. The van der Waals surface area contributed by atoms with E-state index in [9.17, 15) is 4.39 Å². The molecule has 0 bridgehead atoms. The minimum atomic E-state index is -0.136. The lowest BCUT2D eigenvalue weighted by atomic mass is 10.2. The summed E-state index contributed by atoms with van der Waals surface area (Å²) >= 11 is 6.96. The van der Waals surface area contributed by atoms with E-state index in [2.05, 4.69) is 5.32 Å². The first kappa shape index (κ1) is 11.6. The van der Waals surface area contributed by atoms with Gasteiger partial charge >= 0.3 is 0 Å². The summed E-state index contributed by atoms with van der Waals surface area (Å²) in [6.07, 6.45) is 0. The Labute approximate surface area is 103 Å². The molecule has 0 aliphatic heterocycles. The van der Waals surface area contributed by atoms with Crippen molar-refractivity contribution in [3.63, 3.8) is 0 Å². The Morgan fingerprint density at radius 3 is 2.44 bits per heavy atom. The van der Waals surface area contributed by atoms with Crippen LogP contribution in [0.3, 0.4) is 0 Å². The second-order valence-electron chi connectivity index (χ2n) is 3.44. The summed E-state index contributed by atoms with van der Waals surface area (Å²) in [6, 6.07) is 11.0. The Morgan fingerprint density at radius 2 is 1.81 bits per heavy atom. The number of halogens is 2. The third kappa shape index (κ3) is 3.30. The standard InChI is InChI=1S/C12H11ClFNS/c13-10-3-1-9(2-4-10)7-15-8-11-5-6-12(14)16-11/h1-6,15H,7-8H2. The van der Waals surface area contributed by atoms with E-state index in [1.54, 1.807) is 6.07 Å². The highest BCUT2D eigenvalue weighted by atomic mass is 35.5. The molecule has 1 nitrogen and oxygen atoms in total. The lowest BCUT2D eigenvalue weighted by Gasteiger charge is -2.03. The molecule has 0 saturated carbocycles. The van der Waals surface area contributed by atoms with Gasteiger partial charge in [0.15, 0.2) is 5.13 Å². The van der Waals surface area contributed by atoms with E-state index in [1.807, 2.05) is 24.3 Å². The molecule has 0 aliphatic carbocycles. The lowest BCUT2D eigenvalue weighted by molar-refractivity contribution is 0.657. The number of hydrogen-bond acceptors (Lipinski definition) is 2. The highest BCUT2D eigenvalue weighted by Crippen LogP contribution is 2.14. The summed E-state index contributed by atoms with van der Waals surface area (Å²) in [7, 11) is 0. The Hall–Kier alpha value is -0.900. The van der Waals surface area contributed by atoms with E-state index >= 15 is 0 Å². The minimum absolute atomic E-state index is 0.136. The second-order valence-corrected chi connectivity index (χ2v) is 4.99. The van der Waals surface area contributed by atoms with Crippen molar-refractivity contribution in [3.8, 4) is 0 Å². The van der Waals surface area contributed by atoms with Crippen LogP contribution in [0.25, 0.3) is 0 Å². The van der Waals surface area contributed by atoms with Crippen LogP contribution in [-0.2, 0) is 13.1 Å². The molecule has 1 N–H and O–H groups in total. The van der Waals surface area contributed by atoms with Gasteiger partial charge in [-0.25, -0.2) is 0 Å². The highest BCUT2D eigenvalue weighted by Gasteiger charge is 1.98. The molecule has 0 unspecified atom stereocenters. The average molecular weight is 256 g/mol. The normalized spacial score (nSPS) is 10.6. The molecule has 16 heavy (non-hydrogen) atoms. The topological polar surface area (TPSA) is 12.0 Å². The molecule has 1 heterocycles. The maximum absolute atomic E-state index is 12.7. The number of benzene rings is 1. The van der Waals surface area contributed by atoms with E-state index in [-0.39, 0.29) is 5.13 Å². The molecule has 1 aromatic heterocycles. The molecule has 0 atom stereocenters. The first-order valence-corrected chi connectivity index (χ1v) is 6.13. The van der Waals surface area contributed by atoms with Crippen LogP contribution in [0.2, 0.25) is 5.02 Å². The van der Waals surface area contributed by atoms with Crippen LogP contribution in [0.4, 0.5) is 4.39 Å². The van der Waals surface area contributed by atoms with Gasteiger partial charge in [-0.2, -0.15) is 4.39 Å². The molecule has 2 aromatic rings. The van der Waals surface area contributed by atoms with E-state index in [1.165, 1.54) is 23.0 Å². The van der Waals surface area contributed by atoms with Crippen LogP contribution in [0.15, 0.2) is 36.4 Å². The van der Waals surface area contributed by atoms with Gasteiger partial charge in [-0.05, 0) is 29.8 Å². The smallest absolute Gasteiger partial charge is 0.176 e. The van der Waals surface area contributed by atoms with Gasteiger partial charge in [-0.3, -0.25) is 0 Å². The molecule has 2 rings (SSSR count). The predicted molar refractivity (Wildman–Crippen MR) is 66.3 cm³/mol. The second kappa shape index (κ2) is 5.43. The maximum atomic E-state index is 12.7. The van der Waals surface area contributed by atoms with Crippen LogP contribution in [0.1, 0.15) is 10.4 Å². The fourth-order valence-electron chi connectivity index (χ4n) is 1.38. The van der Waals surface area contributed by atoms with Crippen molar-refractivity contribution in [1.82, 2.24) is 5.32 Å². The van der Waals surface area contributed by atoms with Gasteiger partial charge in [0.25, 0.3) is 0 Å². The monoisotopic (exact) mass is 255 g/mol. The van der Waals surface area contributed by atoms with Crippen LogP contribution in [0.5, 0.6) is 0 Å². The van der Waals surface area contributed by atoms with Crippen molar-refractivity contribution in [2.75, 3.05) is 0 Å². The fraction of sp³-hybridized carbons (Fsp3) is 0.167. The van der Waals surface area contributed by atoms with Crippen LogP contribution in [0, 0.1) is 5.13 Å². The summed E-state index contributed by atoms with van der Waals surface area (Å²) < 4.78 is 12.7. The van der Waals surface area contributed by atoms with E-state index in [0.29, 0.717) is 6.54 Å². The molecule has 0 aliphatic rings. The first-order chi connectivity index (χ1) is 7.74. The largest absolute Gasteiger partial charge is 0.308 e. The molecule has 1 aromatic carbocycles. The molecular formula is C12H11ClFNS. The molecule has 0 radical (unpaired) electrons. The van der Waals surface area contributed by atoms with Gasteiger partial charge in [0.2, 0.25) is 0 Å². The number of nitrogens with one attached hydrogen (secondary N) is 1. The molecule has 0 saturated heterocycles. The molecule has 0 fully saturated rings. The molecular weight excluding hydrogens is 245 g/mol. The van der Waals surface area contributed by atoms with Crippen molar-refractivity contribution < 1.29 is 4.39 Å². The van der Waals surface area contributed by atoms with E-state index in [0.717, 1.165) is 16.4 Å².